The fraction of sp³-hybridized carbons (Fsp3) is 0.571. The number of carbonyl (C=O) groups excluding carboxylic acids is 1. The molecule has 0 spiro atoms. The van der Waals surface area contributed by atoms with Gasteiger partial charge in [0, 0.05) is 31.9 Å². The van der Waals surface area contributed by atoms with Crippen molar-refractivity contribution in [3.05, 3.63) is 23.9 Å². The van der Waals surface area contributed by atoms with Crippen LogP contribution in [0.4, 0.5) is 5.82 Å². The normalized spacial score (nSPS) is 29.5. The van der Waals surface area contributed by atoms with E-state index in [2.05, 4.69) is 22.1 Å². The second-order valence-corrected chi connectivity index (χ2v) is 5.45. The number of amides is 1. The van der Waals surface area contributed by atoms with Crippen LogP contribution in [0, 0.1) is 11.8 Å². The highest BCUT2D eigenvalue weighted by Crippen LogP contribution is 2.37. The first-order chi connectivity index (χ1) is 9.22. The van der Waals surface area contributed by atoms with Crippen LogP contribution in [0.2, 0.25) is 0 Å². The Kier molecular flexibility index (Phi) is 3.14. The monoisotopic (exact) mass is 260 g/mol. The Morgan fingerprint density at radius 1 is 1.58 bits per heavy atom. The van der Waals surface area contributed by atoms with Crippen molar-refractivity contribution in [1.82, 2.24) is 10.3 Å². The molecule has 0 radical (unpaired) electrons. The van der Waals surface area contributed by atoms with Crippen LogP contribution in [0.25, 0.3) is 0 Å². The number of hydrogen-bond acceptors (Lipinski definition) is 4. The van der Waals surface area contributed by atoms with Gasteiger partial charge in [-0.25, -0.2) is 4.98 Å². The van der Waals surface area contributed by atoms with Crippen molar-refractivity contribution >= 4 is 11.7 Å². The van der Waals surface area contributed by atoms with Gasteiger partial charge in [-0.15, -0.1) is 0 Å². The third kappa shape index (κ3) is 1.98. The van der Waals surface area contributed by atoms with Crippen LogP contribution in [0.1, 0.15) is 23.7 Å². The molecular formula is C14H20N4O. The zero-order valence-electron chi connectivity index (χ0n) is 11.2. The predicted molar refractivity (Wildman–Crippen MR) is 74.0 cm³/mol. The second-order valence-electron chi connectivity index (χ2n) is 5.45. The van der Waals surface area contributed by atoms with Crippen molar-refractivity contribution < 1.29 is 4.79 Å². The summed E-state index contributed by atoms with van der Waals surface area (Å²) in [6.07, 6.45) is 2.80. The lowest BCUT2D eigenvalue weighted by Crippen LogP contribution is -2.37. The predicted octanol–water partition coefficient (Wildman–Crippen LogP) is 0.615. The number of primary amides is 1. The standard InChI is InChI=1S/C14H20N4O/c1-2-12-11-7-16-6-9(11)8-18(12)14-10(13(15)19)4-3-5-17-14/h3-5,9,11-12,16H,2,6-8H2,1H3,(H2,15,19). The number of carbonyl (C=O) groups is 1. The van der Waals surface area contributed by atoms with Crippen molar-refractivity contribution in [3.63, 3.8) is 0 Å². The molecule has 3 N–H and O–H groups in total. The molecule has 0 saturated carbocycles. The minimum atomic E-state index is -0.395. The summed E-state index contributed by atoms with van der Waals surface area (Å²) in [7, 11) is 0. The van der Waals surface area contributed by atoms with Crippen molar-refractivity contribution in [3.8, 4) is 0 Å². The molecular weight excluding hydrogens is 240 g/mol. The fourth-order valence-corrected chi connectivity index (χ4v) is 3.61. The Morgan fingerprint density at radius 3 is 3.16 bits per heavy atom. The number of nitrogens with one attached hydrogen (secondary N) is 1. The molecule has 1 aromatic rings. The van der Waals surface area contributed by atoms with Crippen molar-refractivity contribution in [1.29, 1.82) is 0 Å². The van der Waals surface area contributed by atoms with E-state index in [1.54, 1.807) is 18.3 Å². The minimum Gasteiger partial charge on any atom is -0.365 e. The topological polar surface area (TPSA) is 71.2 Å². The van der Waals surface area contributed by atoms with Gasteiger partial charge in [-0.1, -0.05) is 6.92 Å². The fourth-order valence-electron chi connectivity index (χ4n) is 3.61. The molecule has 1 amide bonds. The van der Waals surface area contributed by atoms with Crippen LogP contribution >= 0.6 is 0 Å². The molecule has 1 aromatic heterocycles. The maximum Gasteiger partial charge on any atom is 0.252 e. The van der Waals surface area contributed by atoms with Gasteiger partial charge in [0.1, 0.15) is 5.82 Å². The van der Waals surface area contributed by atoms with Gasteiger partial charge in [-0.2, -0.15) is 0 Å². The van der Waals surface area contributed by atoms with E-state index in [4.69, 9.17) is 5.73 Å². The number of nitrogens with zero attached hydrogens (tertiary/aromatic N) is 2. The van der Waals surface area contributed by atoms with E-state index in [-0.39, 0.29) is 0 Å². The Balaban J connectivity index is 1.96. The molecule has 2 aliphatic heterocycles. The maximum atomic E-state index is 11.6. The first-order valence-corrected chi connectivity index (χ1v) is 6.94. The summed E-state index contributed by atoms with van der Waals surface area (Å²) < 4.78 is 0. The molecule has 0 aliphatic carbocycles. The van der Waals surface area contributed by atoms with E-state index in [1.165, 1.54) is 0 Å². The lowest BCUT2D eigenvalue weighted by molar-refractivity contribution is 0.100. The minimum absolute atomic E-state index is 0.395. The number of pyridine rings is 1. The molecule has 5 nitrogen and oxygen atoms in total. The van der Waals surface area contributed by atoms with Crippen molar-refractivity contribution in [2.24, 2.45) is 17.6 Å². The highest BCUT2D eigenvalue weighted by molar-refractivity contribution is 5.97. The van der Waals surface area contributed by atoms with Gasteiger partial charge in [0.2, 0.25) is 0 Å². The molecule has 0 bridgehead atoms. The van der Waals surface area contributed by atoms with Gasteiger partial charge in [0.05, 0.1) is 5.56 Å². The third-order valence-electron chi connectivity index (χ3n) is 4.46. The van der Waals surface area contributed by atoms with Crippen LogP contribution in [0.5, 0.6) is 0 Å². The molecule has 102 valence electrons. The Morgan fingerprint density at radius 2 is 2.42 bits per heavy atom. The maximum absolute atomic E-state index is 11.6. The van der Waals surface area contributed by atoms with E-state index >= 15 is 0 Å². The van der Waals surface area contributed by atoms with Crippen LogP contribution < -0.4 is 16.0 Å². The van der Waals surface area contributed by atoms with E-state index in [0.717, 1.165) is 31.9 Å². The molecule has 19 heavy (non-hydrogen) atoms. The SMILES string of the molecule is CCC1C2CNCC2CN1c1ncccc1C(N)=O. The average Bonchev–Trinajstić information content (AvgIpc) is 2.98. The Bertz CT molecular complexity index is 490. The lowest BCUT2D eigenvalue weighted by Gasteiger charge is -2.29. The summed E-state index contributed by atoms with van der Waals surface area (Å²) in [5.74, 6) is 1.69. The van der Waals surface area contributed by atoms with Crippen molar-refractivity contribution in [2.75, 3.05) is 24.5 Å². The van der Waals surface area contributed by atoms with E-state index < -0.39 is 5.91 Å². The van der Waals surface area contributed by atoms with Gasteiger partial charge in [0.25, 0.3) is 5.91 Å². The van der Waals surface area contributed by atoms with Gasteiger partial charge in [-0.3, -0.25) is 4.79 Å². The smallest absolute Gasteiger partial charge is 0.252 e. The first-order valence-electron chi connectivity index (χ1n) is 6.94. The highest BCUT2D eigenvalue weighted by atomic mass is 16.1. The molecule has 2 saturated heterocycles. The number of rotatable bonds is 3. The first kappa shape index (κ1) is 12.4. The quantitative estimate of drug-likeness (QED) is 0.835. The second kappa shape index (κ2) is 4.81. The molecule has 5 heteroatoms. The van der Waals surface area contributed by atoms with Crippen LogP contribution in [0.3, 0.4) is 0 Å². The molecule has 3 unspecified atom stereocenters. The summed E-state index contributed by atoms with van der Waals surface area (Å²) in [6.45, 7) is 5.30. The summed E-state index contributed by atoms with van der Waals surface area (Å²) in [5, 5.41) is 3.46. The summed E-state index contributed by atoms with van der Waals surface area (Å²) in [6, 6.07) is 3.99. The van der Waals surface area contributed by atoms with Gasteiger partial charge >= 0.3 is 0 Å². The van der Waals surface area contributed by atoms with Crippen LogP contribution in [-0.2, 0) is 0 Å². The Hall–Kier alpha value is -1.62. The number of nitrogens with two attached hydrogens (primary N) is 1. The molecule has 3 rings (SSSR count). The highest BCUT2D eigenvalue weighted by Gasteiger charge is 2.44. The van der Waals surface area contributed by atoms with Gasteiger partial charge < -0.3 is 16.0 Å². The number of aromatic nitrogens is 1. The number of anilines is 1. The Labute approximate surface area is 113 Å². The molecule has 3 heterocycles. The molecule has 3 atom stereocenters. The average molecular weight is 260 g/mol. The largest absolute Gasteiger partial charge is 0.365 e. The van der Waals surface area contributed by atoms with Gasteiger partial charge in [0.15, 0.2) is 0 Å². The third-order valence-corrected chi connectivity index (χ3v) is 4.46. The zero-order chi connectivity index (χ0) is 13.4. The lowest BCUT2D eigenvalue weighted by atomic mass is 9.93. The van der Waals surface area contributed by atoms with E-state index in [1.807, 2.05) is 0 Å². The number of hydrogen-bond donors (Lipinski definition) is 2. The summed E-state index contributed by atoms with van der Waals surface area (Å²) in [4.78, 5) is 18.3. The summed E-state index contributed by atoms with van der Waals surface area (Å²) in [5.41, 5.74) is 6.00. The van der Waals surface area contributed by atoms with Gasteiger partial charge in [-0.05, 0) is 30.4 Å². The summed E-state index contributed by atoms with van der Waals surface area (Å²) >= 11 is 0. The molecule has 2 aliphatic rings. The molecule has 2 fully saturated rings. The number of fused-ring (bicyclic) bond motifs is 1. The van der Waals surface area contributed by atoms with Crippen LogP contribution in [-0.4, -0.2) is 36.6 Å². The van der Waals surface area contributed by atoms with E-state index in [9.17, 15) is 4.79 Å². The zero-order valence-corrected chi connectivity index (χ0v) is 11.2. The molecule has 0 aromatic carbocycles. The van der Waals surface area contributed by atoms with Crippen LogP contribution in [0.15, 0.2) is 18.3 Å². The van der Waals surface area contributed by atoms with Crippen molar-refractivity contribution in [2.45, 2.75) is 19.4 Å². The van der Waals surface area contributed by atoms with E-state index in [0.29, 0.717) is 23.4 Å².